The second-order valence-corrected chi connectivity index (χ2v) is 40.2. The van der Waals surface area contributed by atoms with Crippen LogP contribution in [0.15, 0.2) is 209 Å². The van der Waals surface area contributed by atoms with E-state index in [4.69, 9.17) is 4.18 Å². The minimum absolute atomic E-state index is 0.0525. The number of nitrogens with zero attached hydrogens (tertiary/aromatic N) is 18. The van der Waals surface area contributed by atoms with Crippen molar-refractivity contribution >= 4 is 162 Å². The van der Waals surface area contributed by atoms with E-state index in [1.54, 1.807) is 63.0 Å². The van der Waals surface area contributed by atoms with Crippen LogP contribution in [0.3, 0.4) is 0 Å². The van der Waals surface area contributed by atoms with Gasteiger partial charge in [-0.25, -0.2) is 4.98 Å². The molecule has 0 unspecified atom stereocenters. The number of pyridine rings is 2. The number of hydrogen-bond donors (Lipinski definition) is 1. The first-order valence-corrected chi connectivity index (χ1v) is 49.7. The number of piperidine rings is 1. The Balaban J connectivity index is 0.000000133. The highest BCUT2D eigenvalue weighted by Crippen LogP contribution is 2.34. The fourth-order valence-electron chi connectivity index (χ4n) is 16.3. The molecule has 0 radical (unpaired) electrons. The van der Waals surface area contributed by atoms with E-state index in [1.807, 2.05) is 178 Å². The number of aromatic nitrogens is 11. The van der Waals surface area contributed by atoms with Crippen LogP contribution in [0, 0.1) is 88.5 Å². The van der Waals surface area contributed by atoms with Crippen LogP contribution in [-0.4, -0.2) is 176 Å². The molecule has 137 heavy (non-hydrogen) atoms. The Morgan fingerprint density at radius 1 is 0.423 bits per heavy atom. The molecule has 5 aromatic carbocycles. The molecule has 11 aromatic heterocycles. The zero-order valence-corrected chi connectivity index (χ0v) is 81.1. The molecule has 14 heterocycles. The molecule has 16 aromatic rings. The molecule has 0 spiro atoms. The maximum atomic E-state index is 13.6. The Labute approximate surface area is 804 Å². The highest BCUT2D eigenvalue weighted by molar-refractivity contribution is 7.86. The fourth-order valence-corrected chi connectivity index (χ4v) is 21.3. The third-order valence-corrected chi connectivity index (χ3v) is 29.7. The van der Waals surface area contributed by atoms with E-state index < -0.39 is 25.9 Å². The number of aryl methyl sites for hydroxylation is 9. The number of amides is 4. The number of nitro groups is 2. The largest absolute Gasteiger partial charge is 0.365 e. The summed E-state index contributed by atoms with van der Waals surface area (Å²) in [5, 5.41) is 56.1. The third-order valence-electron chi connectivity index (χ3n) is 24.0. The van der Waals surface area contributed by atoms with Crippen LogP contribution in [0.4, 0.5) is 28.3 Å². The van der Waals surface area contributed by atoms with Crippen LogP contribution in [0.2, 0.25) is 0 Å². The quantitative estimate of drug-likeness (QED) is 0.0446. The Hall–Kier alpha value is -14.4. The SMILES string of the molecule is CCCC1CCN(C(=O)c2nn(-c3ccc(C)cc3)c(=O)c3c(C)scc23)CC1.Cc1ccc(-n2nc(C(=O)N3CCN(c4ccc([N+](=O)[O-])nc4)CC3)c3csc(C)c3c2=O)cc1.Cc1ccc(-n2nc(C(=O)N3CCN(c4cccc([N+](=O)[O-])n4)CC3)c3csc(C)c3c2=O)cc1.Cc1ccc(-n2nc(C(=O)Nc3nc(COS(=O)(=O)c4ccc(C)cc4)cs3)c3csc(C)c3c2=O)cc1. The Morgan fingerprint density at radius 2 is 0.781 bits per heavy atom. The molecule has 1 N–H and O–H groups in total. The number of carbonyl (C=O) groups is 4. The average Bonchev–Trinajstić information content (AvgIpc) is 1.67. The lowest BCUT2D eigenvalue weighted by atomic mass is 9.92. The molecule has 3 aliphatic heterocycles. The molecule has 40 heteroatoms. The van der Waals surface area contributed by atoms with Gasteiger partial charge in [0.05, 0.1) is 60.6 Å². The van der Waals surface area contributed by atoms with Crippen molar-refractivity contribution in [2.75, 3.05) is 80.6 Å². The predicted octanol–water partition coefficient (Wildman–Crippen LogP) is 16.4. The lowest BCUT2D eigenvalue weighted by Gasteiger charge is -2.35. The van der Waals surface area contributed by atoms with Gasteiger partial charge in [-0.05, 0) is 174 Å². The summed E-state index contributed by atoms with van der Waals surface area (Å²) in [6.45, 7) is 24.4. The second-order valence-electron chi connectivity index (χ2n) is 33.4. The van der Waals surface area contributed by atoms with Crippen LogP contribution in [-0.2, 0) is 20.9 Å². The number of nitrogens with one attached hydrogen (secondary N) is 1. The van der Waals surface area contributed by atoms with Crippen molar-refractivity contribution in [3.05, 3.63) is 322 Å². The normalized spacial score (nSPS) is 13.5. The van der Waals surface area contributed by atoms with Crippen LogP contribution >= 0.6 is 56.7 Å². The molecule has 702 valence electrons. The summed E-state index contributed by atoms with van der Waals surface area (Å²) in [5.74, 6) is -0.275. The van der Waals surface area contributed by atoms with Gasteiger partial charge in [0.1, 0.15) is 6.61 Å². The van der Waals surface area contributed by atoms with E-state index in [0.717, 1.165) is 90.3 Å². The van der Waals surface area contributed by atoms with Crippen molar-refractivity contribution in [1.29, 1.82) is 0 Å². The summed E-state index contributed by atoms with van der Waals surface area (Å²) >= 11 is 6.84. The summed E-state index contributed by atoms with van der Waals surface area (Å²) in [7, 11) is -3.96. The number of anilines is 3. The Kier molecular flexibility index (Phi) is 28.7. The Morgan fingerprint density at radius 3 is 1.15 bits per heavy atom. The molecular weight excluding hydrogens is 1860 g/mol. The number of piperazine rings is 2. The molecule has 4 amide bonds. The molecule has 19 rings (SSSR count). The fraction of sp³-hybridized carbons (Fsp3) is 0.268. The van der Waals surface area contributed by atoms with Gasteiger partial charge < -0.3 is 44.7 Å². The first-order chi connectivity index (χ1) is 65.8. The van der Waals surface area contributed by atoms with E-state index in [1.165, 1.54) is 107 Å². The van der Waals surface area contributed by atoms with Crippen molar-refractivity contribution in [2.45, 2.75) is 106 Å². The van der Waals surface area contributed by atoms with Gasteiger partial charge in [-0.2, -0.15) is 47.5 Å². The van der Waals surface area contributed by atoms with Crippen molar-refractivity contribution in [2.24, 2.45) is 5.92 Å². The maximum Gasteiger partial charge on any atom is 0.365 e. The zero-order valence-electron chi connectivity index (χ0n) is 76.2. The van der Waals surface area contributed by atoms with Crippen LogP contribution in [0.1, 0.15) is 128 Å². The topological polar surface area (TPSA) is 404 Å². The van der Waals surface area contributed by atoms with Gasteiger partial charge in [-0.15, -0.1) is 56.7 Å². The Bertz CT molecular complexity index is 7700. The van der Waals surface area contributed by atoms with Crippen molar-refractivity contribution in [3.8, 4) is 22.7 Å². The average molecular weight is 1960 g/mol. The van der Waals surface area contributed by atoms with Gasteiger partial charge in [0, 0.05) is 152 Å². The molecule has 3 fully saturated rings. The smallest absolute Gasteiger partial charge is 0.365 e. The monoisotopic (exact) mass is 1960 g/mol. The molecule has 0 saturated carbocycles. The lowest BCUT2D eigenvalue weighted by molar-refractivity contribution is -0.389. The van der Waals surface area contributed by atoms with Crippen LogP contribution in [0.5, 0.6) is 0 Å². The summed E-state index contributed by atoms with van der Waals surface area (Å²) in [4.78, 5) is 153. The summed E-state index contributed by atoms with van der Waals surface area (Å²) < 4.78 is 35.3. The van der Waals surface area contributed by atoms with E-state index in [9.17, 15) is 67.0 Å². The van der Waals surface area contributed by atoms with Gasteiger partial charge in [0.25, 0.3) is 56.0 Å². The van der Waals surface area contributed by atoms with Gasteiger partial charge >= 0.3 is 11.6 Å². The summed E-state index contributed by atoms with van der Waals surface area (Å²) in [6, 6.07) is 43.9. The number of hydrogen-bond acceptors (Lipinski definition) is 29. The van der Waals surface area contributed by atoms with Gasteiger partial charge in [0.15, 0.2) is 34.1 Å². The number of likely N-dealkylation sites (tertiary alicyclic amines) is 1. The number of benzene rings is 5. The second kappa shape index (κ2) is 41.0. The molecular formula is C97H93N19O15S6. The molecule has 34 nitrogen and oxygen atoms in total. The van der Waals surface area contributed by atoms with Crippen molar-refractivity contribution < 1.29 is 41.6 Å². The van der Waals surface area contributed by atoms with Crippen LogP contribution in [0.25, 0.3) is 65.8 Å². The first-order valence-electron chi connectivity index (χ1n) is 43.9. The van der Waals surface area contributed by atoms with Crippen LogP contribution < -0.4 is 37.4 Å². The van der Waals surface area contributed by atoms with E-state index in [0.29, 0.717) is 141 Å². The number of thiazole rings is 1. The molecule has 3 aliphatic rings. The highest BCUT2D eigenvalue weighted by Gasteiger charge is 2.34. The van der Waals surface area contributed by atoms with Crippen molar-refractivity contribution in [3.63, 3.8) is 0 Å². The summed E-state index contributed by atoms with van der Waals surface area (Å²) in [6.07, 6.45) is 5.99. The van der Waals surface area contributed by atoms with Gasteiger partial charge in [-0.3, -0.25) is 47.9 Å². The first kappa shape index (κ1) is 95.7. The van der Waals surface area contributed by atoms with Crippen molar-refractivity contribution in [1.82, 2.24) is 68.8 Å². The number of fused-ring (bicyclic) bond motifs is 4. The minimum atomic E-state index is -3.96. The number of rotatable bonds is 19. The van der Waals surface area contributed by atoms with Gasteiger partial charge in [-0.1, -0.05) is 108 Å². The molecule has 0 bridgehead atoms. The third kappa shape index (κ3) is 20.7. The standard InChI is InChI=1S/C26H22N4O5S3.2C24H22N6O4S.C23H27N3O2S/c1-15-4-8-19(9-5-15)30-25(32)22-17(3)36-14-21(22)23(29-30)24(31)28-26-27-18(13-37-26)12-35-38(33,34)20-10-6-16(2)7-11-20;1-15-3-5-17(6-4-15)29-23(31)21-16(2)35-14-19(21)22(26-29)24(32)28-11-9-27(10-12-28)18-7-8-20(25-13-18)30(33)34;1-15-6-8-17(9-7-15)29-23(31)21-16(2)35-14-18(21)22(26-29)24(32)28-12-10-27(11-13-28)19-4-3-5-20(25-19)30(33)34;1-4-5-17-10-12-25(13-11-17)23(28)21-19-14-29-16(3)20(19)22(27)26(24-21)18-8-6-15(2)7-9-18/h4-11,13-14H,12H2,1-3H3,(H,27,28,31);3-8,13-14H,9-12H2,1-2H3;3-9,14H,10-13H2,1-2H3;6-9,14,17H,4-5,10-13H2,1-3H3. The zero-order chi connectivity index (χ0) is 96.9. The minimum Gasteiger partial charge on any atom is -0.365 e. The van der Waals surface area contributed by atoms with E-state index in [-0.39, 0.29) is 85.3 Å². The van der Waals surface area contributed by atoms with E-state index >= 15 is 0 Å². The molecule has 3 saturated heterocycles. The molecule has 0 aliphatic carbocycles. The van der Waals surface area contributed by atoms with Gasteiger partial charge in [0.2, 0.25) is 5.82 Å². The highest BCUT2D eigenvalue weighted by atomic mass is 32.2. The van der Waals surface area contributed by atoms with E-state index in [2.05, 4.69) is 47.6 Å². The number of carbonyl (C=O) groups excluding carboxylic acids is 4. The number of thiophene rings is 4. The predicted molar refractivity (Wildman–Crippen MR) is 534 cm³/mol. The maximum absolute atomic E-state index is 13.6. The molecule has 0 atom stereocenters. The summed E-state index contributed by atoms with van der Waals surface area (Å²) in [5.41, 5.74) is 8.76. The lowest BCUT2D eigenvalue weighted by Crippen LogP contribution is -2.49.